The lowest BCUT2D eigenvalue weighted by atomic mass is 10.1. The summed E-state index contributed by atoms with van der Waals surface area (Å²) in [6, 6.07) is 20.2. The van der Waals surface area contributed by atoms with Crippen molar-refractivity contribution in [1.29, 1.82) is 0 Å². The zero-order chi connectivity index (χ0) is 38.9. The van der Waals surface area contributed by atoms with E-state index in [0.717, 1.165) is 11.1 Å². The second-order valence-corrected chi connectivity index (χ2v) is 11.5. The van der Waals surface area contributed by atoms with E-state index in [1.54, 1.807) is 72.8 Å². The highest BCUT2D eigenvalue weighted by Gasteiger charge is 2.10. The van der Waals surface area contributed by atoms with Gasteiger partial charge < -0.3 is 21.1 Å². The summed E-state index contributed by atoms with van der Waals surface area (Å²) in [5, 5.41) is 71.5. The van der Waals surface area contributed by atoms with Crippen molar-refractivity contribution in [2.24, 2.45) is 20.5 Å². The molecular weight excluding hydrogens is 704 g/mol. The molecule has 19 nitrogen and oxygen atoms in total. The lowest BCUT2D eigenvalue weighted by Crippen LogP contribution is -2.03. The molecule has 0 unspecified atom stereocenters. The fraction of sp³-hybridized carbons (Fsp3) is 0.229. The number of aryl methyl sites for hydroxylation is 2. The van der Waals surface area contributed by atoms with Crippen LogP contribution in [0.4, 0.5) is 46.0 Å². The third-order valence-corrected chi connectivity index (χ3v) is 7.08. The number of rotatable bonds is 16. The zero-order valence-electron chi connectivity index (χ0n) is 29.8. The molecule has 0 spiro atoms. The van der Waals surface area contributed by atoms with Crippen molar-refractivity contribution in [3.05, 3.63) is 106 Å². The molecule has 284 valence electrons. The van der Waals surface area contributed by atoms with E-state index in [-0.39, 0.29) is 38.3 Å². The molecule has 0 saturated heterocycles. The fourth-order valence-electron chi connectivity index (χ4n) is 4.88. The van der Waals surface area contributed by atoms with Gasteiger partial charge in [0.05, 0.1) is 22.7 Å². The van der Waals surface area contributed by atoms with E-state index in [2.05, 4.69) is 70.9 Å². The van der Waals surface area contributed by atoms with Gasteiger partial charge in [0.2, 0.25) is 11.9 Å². The summed E-state index contributed by atoms with van der Waals surface area (Å²) < 4.78 is 0. The third kappa shape index (κ3) is 12.7. The van der Waals surface area contributed by atoms with E-state index >= 15 is 0 Å². The van der Waals surface area contributed by atoms with Crippen molar-refractivity contribution in [3.63, 3.8) is 0 Å². The maximum atomic E-state index is 10.2. The molecule has 0 radical (unpaired) electrons. The van der Waals surface area contributed by atoms with Gasteiger partial charge in [0, 0.05) is 11.4 Å². The number of hydrogen-bond donors (Lipinski definition) is 8. The van der Waals surface area contributed by atoms with Crippen molar-refractivity contribution < 1.29 is 45.7 Å². The van der Waals surface area contributed by atoms with Crippen molar-refractivity contribution in [2.45, 2.75) is 40.3 Å². The first-order valence-electron chi connectivity index (χ1n) is 16.1. The second-order valence-electron chi connectivity index (χ2n) is 11.5. The Morgan fingerprint density at radius 1 is 0.519 bits per heavy atom. The van der Waals surface area contributed by atoms with Gasteiger partial charge in [-0.3, -0.25) is 21.0 Å². The first-order valence-corrected chi connectivity index (χ1v) is 16.1. The Balaban J connectivity index is 0.00000209. The summed E-state index contributed by atoms with van der Waals surface area (Å²) >= 11 is 0. The SMILES string of the molecule is CNC.Cc1cc(Nc2nc(O)nc(Nc3ccc(N=Nc4cc(COO)cc(COO)c4)c(C)c3)n2)ccc1N=Nc1cc(COO)cc(COO)c1. The van der Waals surface area contributed by atoms with Crippen LogP contribution in [0, 0.1) is 13.8 Å². The number of aromatic hydroxyl groups is 1. The van der Waals surface area contributed by atoms with Gasteiger partial charge in [-0.1, -0.05) is 12.1 Å². The van der Waals surface area contributed by atoms with E-state index in [1.807, 2.05) is 27.9 Å². The van der Waals surface area contributed by atoms with E-state index in [1.165, 1.54) is 0 Å². The molecule has 0 fully saturated rings. The minimum absolute atomic E-state index is 0.0737. The molecule has 54 heavy (non-hydrogen) atoms. The summed E-state index contributed by atoms with van der Waals surface area (Å²) in [6.45, 7) is 3.39. The van der Waals surface area contributed by atoms with Gasteiger partial charge >= 0.3 is 6.01 Å². The lowest BCUT2D eigenvalue weighted by molar-refractivity contribution is -0.254. The number of nitrogens with one attached hydrogen (secondary N) is 3. The smallest absolute Gasteiger partial charge is 0.320 e. The van der Waals surface area contributed by atoms with Crippen LogP contribution in [0.5, 0.6) is 6.01 Å². The van der Waals surface area contributed by atoms with Gasteiger partial charge in [0.25, 0.3) is 0 Å². The normalized spacial score (nSPS) is 11.2. The van der Waals surface area contributed by atoms with E-state index < -0.39 is 6.01 Å². The molecule has 8 N–H and O–H groups in total. The molecule has 1 heterocycles. The van der Waals surface area contributed by atoms with Crippen LogP contribution in [0.2, 0.25) is 0 Å². The number of anilines is 4. The minimum Gasteiger partial charge on any atom is -0.479 e. The summed E-state index contributed by atoms with van der Waals surface area (Å²) in [5.74, 6) is 0.171. The average molecular weight is 745 g/mol. The van der Waals surface area contributed by atoms with Gasteiger partial charge in [-0.25, -0.2) is 19.6 Å². The van der Waals surface area contributed by atoms with Crippen LogP contribution in [-0.2, 0) is 46.0 Å². The molecule has 0 atom stereocenters. The van der Waals surface area contributed by atoms with Crippen molar-refractivity contribution in [3.8, 4) is 6.01 Å². The molecule has 0 aliphatic carbocycles. The minimum atomic E-state index is -0.501. The largest absolute Gasteiger partial charge is 0.479 e. The molecule has 1 aromatic heterocycles. The number of hydrogen-bond acceptors (Lipinski definition) is 19. The highest BCUT2D eigenvalue weighted by Crippen LogP contribution is 2.30. The molecule has 5 aromatic rings. The van der Waals surface area contributed by atoms with Crippen LogP contribution in [0.1, 0.15) is 33.4 Å². The monoisotopic (exact) mass is 744 g/mol. The average Bonchev–Trinajstić information content (AvgIpc) is 3.11. The van der Waals surface area contributed by atoms with Gasteiger partial charge in [0.1, 0.15) is 26.4 Å². The van der Waals surface area contributed by atoms with Gasteiger partial charge in [-0.15, -0.1) is 0 Å². The van der Waals surface area contributed by atoms with Crippen molar-refractivity contribution >= 4 is 46.0 Å². The molecule has 19 heteroatoms. The maximum absolute atomic E-state index is 10.2. The van der Waals surface area contributed by atoms with Gasteiger partial charge in [-0.2, -0.15) is 35.4 Å². The lowest BCUT2D eigenvalue weighted by Gasteiger charge is -2.10. The van der Waals surface area contributed by atoms with Crippen LogP contribution in [0.25, 0.3) is 0 Å². The summed E-state index contributed by atoms with van der Waals surface area (Å²) in [5.41, 5.74) is 7.31. The Morgan fingerprint density at radius 3 is 1.19 bits per heavy atom. The van der Waals surface area contributed by atoms with Crippen LogP contribution in [0.3, 0.4) is 0 Å². The van der Waals surface area contributed by atoms with Crippen molar-refractivity contribution in [1.82, 2.24) is 20.3 Å². The topological polar surface area (TPSA) is 262 Å². The second kappa shape index (κ2) is 21.0. The Morgan fingerprint density at radius 2 is 0.870 bits per heavy atom. The number of benzene rings is 4. The molecule has 5 rings (SSSR count). The van der Waals surface area contributed by atoms with Crippen LogP contribution < -0.4 is 16.0 Å². The quantitative estimate of drug-likeness (QED) is 0.0268. The summed E-state index contributed by atoms with van der Waals surface area (Å²) in [6.07, 6.45) is 0. The molecule has 0 bridgehead atoms. The van der Waals surface area contributed by atoms with E-state index in [0.29, 0.717) is 56.4 Å². The van der Waals surface area contributed by atoms with Crippen molar-refractivity contribution in [2.75, 3.05) is 24.7 Å². The molecule has 0 amide bonds. The molecular formula is C35H40N10O9. The Labute approximate surface area is 309 Å². The standard InChI is InChI=1S/C33H33N9O9.C2H7N/c1-19-7-25(3-5-29(19)41-39-27-11-21(15-48-44)9-22(12-27)16-49-45)34-31-36-32(38-33(43)37-31)35-26-4-6-30(20(2)8-26)42-40-28-13-23(17-50-46)10-24(14-28)18-51-47;1-3-2/h3-14,44-47H,15-18H2,1-2H3,(H3,34,35,36,37,38,43);3H,1-2H3. The summed E-state index contributed by atoms with van der Waals surface area (Å²) in [7, 11) is 3.75. The molecule has 0 aliphatic heterocycles. The first kappa shape index (κ1) is 40.9. The van der Waals surface area contributed by atoms with Gasteiger partial charge in [0.15, 0.2) is 0 Å². The van der Waals surface area contributed by atoms with Crippen LogP contribution in [0.15, 0.2) is 93.3 Å². The van der Waals surface area contributed by atoms with Gasteiger partial charge in [-0.05, 0) is 122 Å². The highest BCUT2D eigenvalue weighted by molar-refractivity contribution is 5.64. The van der Waals surface area contributed by atoms with E-state index in [9.17, 15) is 5.11 Å². The Bertz CT molecular complexity index is 1860. The van der Waals surface area contributed by atoms with Crippen LogP contribution in [-0.4, -0.2) is 55.2 Å². The third-order valence-electron chi connectivity index (χ3n) is 7.08. The molecule has 0 saturated carbocycles. The Hall–Kier alpha value is -5.87. The zero-order valence-corrected chi connectivity index (χ0v) is 29.8. The van der Waals surface area contributed by atoms with Crippen LogP contribution >= 0.6 is 0 Å². The number of nitrogens with zero attached hydrogens (tertiary/aromatic N) is 7. The number of azo groups is 2. The Kier molecular flexibility index (Phi) is 15.9. The van der Waals surface area contributed by atoms with E-state index in [4.69, 9.17) is 21.0 Å². The predicted octanol–water partition coefficient (Wildman–Crippen LogP) is 8.31. The molecule has 0 aliphatic rings. The fourth-order valence-corrected chi connectivity index (χ4v) is 4.88. The maximum Gasteiger partial charge on any atom is 0.320 e. The first-order chi connectivity index (χ1) is 26.2. The predicted molar refractivity (Wildman–Crippen MR) is 196 cm³/mol. The number of aromatic nitrogens is 3. The summed E-state index contributed by atoms with van der Waals surface area (Å²) in [4.78, 5) is 29.2. The highest BCUT2D eigenvalue weighted by atomic mass is 17.1. The molecule has 4 aromatic carbocycles.